The Hall–Kier alpha value is -0.910. The average Bonchev–Trinajstić information content (AvgIpc) is 3.01. The van der Waals surface area contributed by atoms with Gasteiger partial charge < -0.3 is 11.5 Å². The van der Waals surface area contributed by atoms with E-state index in [-0.39, 0.29) is 18.0 Å². The molecular formula is C14H23N3OS. The Labute approximate surface area is 118 Å². The predicted molar refractivity (Wildman–Crippen MR) is 78.8 cm³/mol. The highest BCUT2D eigenvalue weighted by atomic mass is 32.1. The Bertz CT molecular complexity index is 434. The van der Waals surface area contributed by atoms with Crippen molar-refractivity contribution in [2.75, 3.05) is 13.1 Å². The van der Waals surface area contributed by atoms with Crippen LogP contribution >= 0.6 is 11.3 Å². The molecule has 3 atom stereocenters. The van der Waals surface area contributed by atoms with E-state index in [2.05, 4.69) is 28.7 Å². The van der Waals surface area contributed by atoms with Crippen molar-refractivity contribution in [3.05, 3.63) is 22.4 Å². The molecule has 4 nitrogen and oxygen atoms in total. The van der Waals surface area contributed by atoms with E-state index in [4.69, 9.17) is 11.5 Å². The van der Waals surface area contributed by atoms with Gasteiger partial charge in [0.15, 0.2) is 0 Å². The number of carbonyl (C=O) groups excluding carboxylic acids is 1. The van der Waals surface area contributed by atoms with Crippen molar-refractivity contribution in [1.82, 2.24) is 4.90 Å². The SMILES string of the molecule is CCC(N)C(c1ccsc1)N1CCC(C)(C(N)=O)C1. The van der Waals surface area contributed by atoms with Gasteiger partial charge in [0, 0.05) is 12.6 Å². The van der Waals surface area contributed by atoms with Crippen LogP contribution in [0.3, 0.4) is 0 Å². The minimum Gasteiger partial charge on any atom is -0.369 e. The molecule has 0 aliphatic carbocycles. The lowest BCUT2D eigenvalue weighted by Gasteiger charge is -2.33. The number of carbonyl (C=O) groups is 1. The Morgan fingerprint density at radius 2 is 2.37 bits per heavy atom. The topological polar surface area (TPSA) is 72.3 Å². The molecule has 4 N–H and O–H groups in total. The third-order valence-corrected chi connectivity index (χ3v) is 4.95. The fourth-order valence-corrected chi connectivity index (χ4v) is 3.52. The first-order valence-corrected chi connectivity index (χ1v) is 7.74. The van der Waals surface area contributed by atoms with Gasteiger partial charge in [0.1, 0.15) is 0 Å². The average molecular weight is 281 g/mol. The van der Waals surface area contributed by atoms with Crippen LogP contribution in [0.4, 0.5) is 0 Å². The molecule has 1 saturated heterocycles. The summed E-state index contributed by atoms with van der Waals surface area (Å²) in [4.78, 5) is 13.9. The fraction of sp³-hybridized carbons (Fsp3) is 0.643. The number of hydrogen-bond acceptors (Lipinski definition) is 4. The minimum absolute atomic E-state index is 0.0878. The van der Waals surface area contributed by atoms with E-state index in [0.717, 1.165) is 19.4 Å². The molecule has 0 radical (unpaired) electrons. The van der Waals surface area contributed by atoms with Crippen LogP contribution in [-0.2, 0) is 4.79 Å². The molecule has 1 amide bonds. The van der Waals surface area contributed by atoms with Crippen molar-refractivity contribution >= 4 is 17.2 Å². The minimum atomic E-state index is -0.415. The molecule has 1 aromatic heterocycles. The zero-order valence-electron chi connectivity index (χ0n) is 11.6. The summed E-state index contributed by atoms with van der Waals surface area (Å²) in [6, 6.07) is 2.41. The number of nitrogens with two attached hydrogens (primary N) is 2. The third-order valence-electron chi connectivity index (χ3n) is 4.25. The maximum absolute atomic E-state index is 11.6. The predicted octanol–water partition coefficient (Wildman–Crippen LogP) is 1.72. The molecule has 19 heavy (non-hydrogen) atoms. The highest BCUT2D eigenvalue weighted by Gasteiger charge is 2.42. The van der Waals surface area contributed by atoms with Crippen LogP contribution in [0.2, 0.25) is 0 Å². The van der Waals surface area contributed by atoms with Gasteiger partial charge in [-0.1, -0.05) is 6.92 Å². The van der Waals surface area contributed by atoms with Gasteiger partial charge in [0.2, 0.25) is 5.91 Å². The van der Waals surface area contributed by atoms with Gasteiger partial charge in [-0.05, 0) is 48.7 Å². The van der Waals surface area contributed by atoms with Gasteiger partial charge in [-0.2, -0.15) is 11.3 Å². The van der Waals surface area contributed by atoms with Gasteiger partial charge in [0.05, 0.1) is 11.5 Å². The van der Waals surface area contributed by atoms with Gasteiger partial charge in [-0.3, -0.25) is 9.69 Å². The number of rotatable bonds is 5. The first-order chi connectivity index (χ1) is 8.98. The lowest BCUT2D eigenvalue weighted by atomic mass is 9.89. The van der Waals surface area contributed by atoms with E-state index >= 15 is 0 Å². The molecule has 2 heterocycles. The van der Waals surface area contributed by atoms with Crippen LogP contribution in [0.5, 0.6) is 0 Å². The summed E-state index contributed by atoms with van der Waals surface area (Å²) in [6.07, 6.45) is 1.74. The molecule has 0 saturated carbocycles. The molecule has 2 rings (SSSR count). The van der Waals surface area contributed by atoms with Crippen LogP contribution in [0, 0.1) is 5.41 Å². The number of primary amides is 1. The number of hydrogen-bond donors (Lipinski definition) is 2. The molecule has 1 aromatic rings. The second-order valence-corrected chi connectivity index (χ2v) is 6.50. The molecule has 1 fully saturated rings. The van der Waals surface area contributed by atoms with Crippen molar-refractivity contribution in [2.24, 2.45) is 16.9 Å². The molecule has 1 aliphatic rings. The van der Waals surface area contributed by atoms with E-state index < -0.39 is 5.41 Å². The lowest BCUT2D eigenvalue weighted by Crippen LogP contribution is -2.42. The summed E-state index contributed by atoms with van der Waals surface area (Å²) in [7, 11) is 0. The lowest BCUT2D eigenvalue weighted by molar-refractivity contribution is -0.126. The summed E-state index contributed by atoms with van der Waals surface area (Å²) in [5.74, 6) is -0.205. The van der Waals surface area contributed by atoms with Crippen molar-refractivity contribution in [3.63, 3.8) is 0 Å². The van der Waals surface area contributed by atoms with E-state index in [1.807, 2.05) is 6.92 Å². The second kappa shape index (κ2) is 5.61. The smallest absolute Gasteiger partial charge is 0.224 e. The number of thiophene rings is 1. The van der Waals surface area contributed by atoms with Crippen molar-refractivity contribution in [2.45, 2.75) is 38.8 Å². The van der Waals surface area contributed by atoms with E-state index in [1.165, 1.54) is 5.56 Å². The highest BCUT2D eigenvalue weighted by Crippen LogP contribution is 2.37. The molecule has 106 valence electrons. The second-order valence-electron chi connectivity index (χ2n) is 5.72. The van der Waals surface area contributed by atoms with Crippen LogP contribution in [-0.4, -0.2) is 29.9 Å². The molecule has 1 aliphatic heterocycles. The molecule has 5 heteroatoms. The Morgan fingerprint density at radius 1 is 1.63 bits per heavy atom. The zero-order chi connectivity index (χ0) is 14.0. The first-order valence-electron chi connectivity index (χ1n) is 6.79. The molecule has 0 bridgehead atoms. The molecule has 0 spiro atoms. The summed E-state index contributed by atoms with van der Waals surface area (Å²) in [5.41, 5.74) is 12.7. The normalized spacial score (nSPS) is 27.3. The number of nitrogens with zero attached hydrogens (tertiary/aromatic N) is 1. The quantitative estimate of drug-likeness (QED) is 0.863. The van der Waals surface area contributed by atoms with Crippen LogP contribution in [0.25, 0.3) is 0 Å². The van der Waals surface area contributed by atoms with Gasteiger partial charge in [0.25, 0.3) is 0 Å². The van der Waals surface area contributed by atoms with E-state index in [9.17, 15) is 4.79 Å². The first kappa shape index (κ1) is 14.5. The van der Waals surface area contributed by atoms with Crippen molar-refractivity contribution in [1.29, 1.82) is 0 Å². The summed E-state index contributed by atoms with van der Waals surface area (Å²) in [5, 5.41) is 4.23. The molecule has 3 unspecified atom stereocenters. The van der Waals surface area contributed by atoms with Crippen molar-refractivity contribution < 1.29 is 4.79 Å². The van der Waals surface area contributed by atoms with Gasteiger partial charge >= 0.3 is 0 Å². The molecular weight excluding hydrogens is 258 g/mol. The summed E-state index contributed by atoms with van der Waals surface area (Å²) >= 11 is 1.69. The summed E-state index contributed by atoms with van der Waals surface area (Å²) < 4.78 is 0. The van der Waals surface area contributed by atoms with Gasteiger partial charge in [-0.15, -0.1) is 0 Å². The Morgan fingerprint density at radius 3 is 2.84 bits per heavy atom. The van der Waals surface area contributed by atoms with Crippen LogP contribution in [0.1, 0.15) is 38.3 Å². The van der Waals surface area contributed by atoms with Crippen LogP contribution < -0.4 is 11.5 Å². The standard InChI is InChI=1S/C14H23N3OS/c1-3-11(15)12(10-4-7-19-8-10)17-6-5-14(2,9-17)13(16)18/h4,7-8,11-12H,3,5-6,9,15H2,1-2H3,(H2,16,18). The number of amides is 1. The maximum Gasteiger partial charge on any atom is 0.224 e. The molecule has 0 aromatic carbocycles. The third kappa shape index (κ3) is 2.83. The van der Waals surface area contributed by atoms with E-state index in [1.54, 1.807) is 11.3 Å². The van der Waals surface area contributed by atoms with E-state index in [0.29, 0.717) is 6.54 Å². The number of likely N-dealkylation sites (tertiary alicyclic amines) is 1. The Balaban J connectivity index is 2.20. The maximum atomic E-state index is 11.6. The Kier molecular flexibility index (Phi) is 4.28. The van der Waals surface area contributed by atoms with Crippen molar-refractivity contribution in [3.8, 4) is 0 Å². The monoisotopic (exact) mass is 281 g/mol. The van der Waals surface area contributed by atoms with Gasteiger partial charge in [-0.25, -0.2) is 0 Å². The summed E-state index contributed by atoms with van der Waals surface area (Å²) in [6.45, 7) is 5.65. The largest absolute Gasteiger partial charge is 0.369 e. The highest BCUT2D eigenvalue weighted by molar-refractivity contribution is 7.07. The zero-order valence-corrected chi connectivity index (χ0v) is 12.5. The van der Waals surface area contributed by atoms with Crippen LogP contribution in [0.15, 0.2) is 16.8 Å². The fourth-order valence-electron chi connectivity index (χ4n) is 2.83.